The summed E-state index contributed by atoms with van der Waals surface area (Å²) >= 11 is 6.02. The van der Waals surface area contributed by atoms with Crippen LogP contribution in [0.15, 0.2) is 91.0 Å². The highest BCUT2D eigenvalue weighted by Crippen LogP contribution is 2.45. The number of benzene rings is 4. The van der Waals surface area contributed by atoms with Crippen molar-refractivity contribution in [3.63, 3.8) is 0 Å². The number of methoxy groups -OCH3 is 1. The van der Waals surface area contributed by atoms with Crippen LogP contribution in [0.5, 0.6) is 5.75 Å². The van der Waals surface area contributed by atoms with Crippen LogP contribution in [0.2, 0.25) is 5.02 Å². The lowest BCUT2D eigenvalue weighted by Gasteiger charge is -2.25. The minimum atomic E-state index is -0.421. The lowest BCUT2D eigenvalue weighted by molar-refractivity contribution is -0.145. The number of carbonyl (C=O) groups excluding carboxylic acids is 4. The number of halogens is 1. The van der Waals surface area contributed by atoms with E-state index in [0.717, 1.165) is 16.2 Å². The Balaban J connectivity index is 1.14. The molecule has 2 aliphatic rings. The second-order valence-corrected chi connectivity index (χ2v) is 10.9. The largest absolute Gasteiger partial charge is 0.497 e. The standard InChI is InChI=1S/C34H27ClN2O6/c1-20-28(29-17-25(42-2)15-16-30(29)36(20)32(39)22-9-11-23(35)12-10-22)18-31(38)43-19-21-7-13-24(14-8-21)37-33(40)26-5-3-4-6-27(26)34(37)41/h3-17,20,28H,18-19H2,1-2H3. The normalized spacial score (nSPS) is 17.1. The molecule has 0 fully saturated rings. The van der Waals surface area contributed by atoms with Crippen molar-refractivity contribution >= 4 is 46.7 Å². The van der Waals surface area contributed by atoms with Crippen LogP contribution in [0.1, 0.15) is 61.5 Å². The van der Waals surface area contributed by atoms with Crippen LogP contribution in [-0.4, -0.2) is 36.8 Å². The van der Waals surface area contributed by atoms with Crippen LogP contribution in [0, 0.1) is 0 Å². The number of hydrogen-bond donors (Lipinski definition) is 0. The van der Waals surface area contributed by atoms with E-state index in [1.54, 1.807) is 90.9 Å². The molecule has 0 radical (unpaired) electrons. The molecule has 2 heterocycles. The van der Waals surface area contributed by atoms with Crippen LogP contribution in [0.25, 0.3) is 0 Å². The maximum atomic E-state index is 13.5. The number of amides is 3. The molecule has 0 aliphatic carbocycles. The molecule has 0 bridgehead atoms. The summed E-state index contributed by atoms with van der Waals surface area (Å²) in [5.41, 5.74) is 3.93. The average molecular weight is 595 g/mol. The Morgan fingerprint density at radius 3 is 2.14 bits per heavy atom. The molecule has 0 aromatic heterocycles. The summed E-state index contributed by atoms with van der Waals surface area (Å²) in [4.78, 5) is 55.0. The predicted octanol–water partition coefficient (Wildman–Crippen LogP) is 6.42. The SMILES string of the molecule is COc1ccc2c(c1)C(CC(=O)OCc1ccc(N3C(=O)c4ccccc4C3=O)cc1)C(C)N2C(=O)c1ccc(Cl)cc1. The van der Waals surface area contributed by atoms with E-state index in [1.807, 2.05) is 19.1 Å². The van der Waals surface area contributed by atoms with E-state index < -0.39 is 5.97 Å². The van der Waals surface area contributed by atoms with Gasteiger partial charge in [-0.1, -0.05) is 35.9 Å². The molecule has 0 N–H and O–H groups in total. The zero-order valence-corrected chi connectivity index (χ0v) is 24.2. The summed E-state index contributed by atoms with van der Waals surface area (Å²) in [5, 5.41) is 0.537. The van der Waals surface area contributed by atoms with Crippen molar-refractivity contribution in [3.05, 3.63) is 124 Å². The maximum Gasteiger partial charge on any atom is 0.306 e. The fraction of sp³-hybridized carbons (Fsp3) is 0.176. The lowest BCUT2D eigenvalue weighted by Crippen LogP contribution is -2.37. The first-order chi connectivity index (χ1) is 20.8. The third kappa shape index (κ3) is 5.15. The highest BCUT2D eigenvalue weighted by Gasteiger charge is 2.41. The van der Waals surface area contributed by atoms with E-state index >= 15 is 0 Å². The third-order valence-corrected chi connectivity index (χ3v) is 8.22. The number of fused-ring (bicyclic) bond motifs is 2. The van der Waals surface area contributed by atoms with E-state index in [2.05, 4.69) is 0 Å². The zero-order chi connectivity index (χ0) is 30.2. The van der Waals surface area contributed by atoms with Gasteiger partial charge in [0.05, 0.1) is 30.3 Å². The van der Waals surface area contributed by atoms with E-state index in [1.165, 1.54) is 0 Å². The van der Waals surface area contributed by atoms with Gasteiger partial charge < -0.3 is 14.4 Å². The molecule has 3 amide bonds. The minimum absolute atomic E-state index is 0.0146. The predicted molar refractivity (Wildman–Crippen MR) is 162 cm³/mol. The van der Waals surface area contributed by atoms with Gasteiger partial charge in [-0.05, 0) is 84.8 Å². The number of rotatable bonds is 7. The van der Waals surface area contributed by atoms with Crippen LogP contribution in [0.4, 0.5) is 11.4 Å². The smallest absolute Gasteiger partial charge is 0.306 e. The van der Waals surface area contributed by atoms with Crippen LogP contribution in [-0.2, 0) is 16.1 Å². The molecule has 4 aromatic rings. The van der Waals surface area contributed by atoms with Gasteiger partial charge in [-0.25, -0.2) is 4.90 Å². The van der Waals surface area contributed by atoms with Crippen molar-refractivity contribution < 1.29 is 28.7 Å². The van der Waals surface area contributed by atoms with Crippen molar-refractivity contribution in [1.82, 2.24) is 0 Å². The Kier molecular flexibility index (Phi) is 7.46. The van der Waals surface area contributed by atoms with Crippen molar-refractivity contribution in [3.8, 4) is 5.75 Å². The van der Waals surface area contributed by atoms with Gasteiger partial charge in [0.25, 0.3) is 17.7 Å². The molecule has 43 heavy (non-hydrogen) atoms. The molecule has 2 aliphatic heterocycles. The Bertz CT molecular complexity index is 1720. The molecule has 2 unspecified atom stereocenters. The number of imide groups is 1. The van der Waals surface area contributed by atoms with Gasteiger partial charge in [0.2, 0.25) is 0 Å². The summed E-state index contributed by atoms with van der Waals surface area (Å²) in [6.45, 7) is 1.93. The Morgan fingerprint density at radius 1 is 0.860 bits per heavy atom. The van der Waals surface area contributed by atoms with Crippen LogP contribution in [0.3, 0.4) is 0 Å². The van der Waals surface area contributed by atoms with Gasteiger partial charge in [0, 0.05) is 28.2 Å². The molecule has 6 rings (SSSR count). The number of carbonyl (C=O) groups is 4. The van der Waals surface area contributed by atoms with Gasteiger partial charge in [-0.15, -0.1) is 0 Å². The second-order valence-electron chi connectivity index (χ2n) is 10.5. The highest BCUT2D eigenvalue weighted by molar-refractivity contribution is 6.34. The fourth-order valence-electron chi connectivity index (χ4n) is 5.71. The first kappa shape index (κ1) is 28.2. The number of esters is 1. The Labute approximate surface area is 253 Å². The topological polar surface area (TPSA) is 93.2 Å². The summed E-state index contributed by atoms with van der Waals surface area (Å²) < 4.78 is 11.1. The summed E-state index contributed by atoms with van der Waals surface area (Å²) in [6, 6.07) is 25.3. The number of hydrogen-bond acceptors (Lipinski definition) is 6. The summed E-state index contributed by atoms with van der Waals surface area (Å²) in [5.74, 6) is -1.04. The van der Waals surface area contributed by atoms with Gasteiger partial charge in [-0.3, -0.25) is 19.2 Å². The van der Waals surface area contributed by atoms with Gasteiger partial charge in [-0.2, -0.15) is 0 Å². The second kappa shape index (κ2) is 11.4. The minimum Gasteiger partial charge on any atom is -0.497 e. The van der Waals surface area contributed by atoms with Gasteiger partial charge in [0.15, 0.2) is 0 Å². The van der Waals surface area contributed by atoms with E-state index in [4.69, 9.17) is 21.1 Å². The van der Waals surface area contributed by atoms with Crippen LogP contribution >= 0.6 is 11.6 Å². The highest BCUT2D eigenvalue weighted by atomic mass is 35.5. The Hall–Kier alpha value is -4.95. The first-order valence-corrected chi connectivity index (χ1v) is 14.1. The molecular weight excluding hydrogens is 568 g/mol. The third-order valence-electron chi connectivity index (χ3n) is 7.97. The fourth-order valence-corrected chi connectivity index (χ4v) is 5.83. The zero-order valence-electron chi connectivity index (χ0n) is 23.5. The van der Waals surface area contributed by atoms with Crippen molar-refractivity contribution in [2.75, 3.05) is 16.9 Å². The van der Waals surface area contributed by atoms with Crippen LogP contribution < -0.4 is 14.5 Å². The van der Waals surface area contributed by atoms with E-state index in [9.17, 15) is 19.2 Å². The summed E-state index contributed by atoms with van der Waals surface area (Å²) in [6.07, 6.45) is 0.0544. The van der Waals surface area contributed by atoms with Gasteiger partial charge in [0.1, 0.15) is 12.4 Å². The maximum absolute atomic E-state index is 13.5. The molecule has 216 valence electrons. The molecule has 0 saturated carbocycles. The monoisotopic (exact) mass is 594 g/mol. The number of anilines is 2. The molecule has 0 spiro atoms. The number of ether oxygens (including phenoxy) is 2. The molecule has 4 aromatic carbocycles. The van der Waals surface area contributed by atoms with Gasteiger partial charge >= 0.3 is 5.97 Å². The van der Waals surface area contributed by atoms with Crippen molar-refractivity contribution in [1.29, 1.82) is 0 Å². The van der Waals surface area contributed by atoms with E-state index in [0.29, 0.717) is 38.7 Å². The number of nitrogens with zero attached hydrogens (tertiary/aromatic N) is 2. The van der Waals surface area contributed by atoms with Crippen molar-refractivity contribution in [2.24, 2.45) is 0 Å². The molecular formula is C34H27ClN2O6. The lowest BCUT2D eigenvalue weighted by atomic mass is 9.92. The first-order valence-electron chi connectivity index (χ1n) is 13.8. The molecule has 2 atom stereocenters. The molecule has 0 saturated heterocycles. The molecule has 8 nitrogen and oxygen atoms in total. The quantitative estimate of drug-likeness (QED) is 0.181. The van der Waals surface area contributed by atoms with E-state index in [-0.39, 0.29) is 42.7 Å². The Morgan fingerprint density at radius 2 is 1.51 bits per heavy atom. The average Bonchev–Trinajstić information content (AvgIpc) is 3.44. The summed E-state index contributed by atoms with van der Waals surface area (Å²) in [7, 11) is 1.57. The van der Waals surface area contributed by atoms with Crippen molar-refractivity contribution in [2.45, 2.75) is 31.9 Å². The molecule has 9 heteroatoms.